The van der Waals surface area contributed by atoms with Crippen molar-refractivity contribution in [3.05, 3.63) is 82.3 Å². The number of hydrogen-bond acceptors (Lipinski definition) is 3. The van der Waals surface area contributed by atoms with Gasteiger partial charge in [-0.15, -0.1) is 0 Å². The Bertz CT molecular complexity index is 1000. The van der Waals surface area contributed by atoms with E-state index in [1.807, 2.05) is 12.1 Å². The molecule has 2 aromatic carbocycles. The molecule has 122 valence electrons. The summed E-state index contributed by atoms with van der Waals surface area (Å²) in [5.41, 5.74) is 2.16. The summed E-state index contributed by atoms with van der Waals surface area (Å²) in [7, 11) is 0. The van der Waals surface area contributed by atoms with Crippen LogP contribution in [0, 0.1) is 17.1 Å². The Morgan fingerprint density at radius 3 is 2.68 bits per heavy atom. The van der Waals surface area contributed by atoms with E-state index in [0.29, 0.717) is 16.3 Å². The van der Waals surface area contributed by atoms with Crippen molar-refractivity contribution in [2.75, 3.05) is 0 Å². The van der Waals surface area contributed by atoms with Gasteiger partial charge in [-0.1, -0.05) is 23.7 Å². The SMILES string of the molecule is N#CC(=Cc1cn[nH]c1-c1cccc(Cl)c1)C(=O)c1ccc(F)cc1. The van der Waals surface area contributed by atoms with E-state index in [-0.39, 0.29) is 11.1 Å². The molecule has 6 heteroatoms. The van der Waals surface area contributed by atoms with E-state index < -0.39 is 11.6 Å². The monoisotopic (exact) mass is 351 g/mol. The number of halogens is 2. The Morgan fingerprint density at radius 2 is 2.00 bits per heavy atom. The van der Waals surface area contributed by atoms with Crippen molar-refractivity contribution in [2.45, 2.75) is 0 Å². The highest BCUT2D eigenvalue weighted by molar-refractivity contribution is 6.30. The molecule has 0 saturated heterocycles. The van der Waals surface area contributed by atoms with Crippen LogP contribution in [0.15, 0.2) is 60.3 Å². The summed E-state index contributed by atoms with van der Waals surface area (Å²) in [5.74, 6) is -0.933. The Hall–Kier alpha value is -3.23. The number of ketones is 1. The molecule has 0 spiro atoms. The van der Waals surface area contributed by atoms with Crippen LogP contribution >= 0.6 is 11.6 Å². The molecule has 1 heterocycles. The Balaban J connectivity index is 1.99. The zero-order valence-corrected chi connectivity index (χ0v) is 13.6. The minimum absolute atomic E-state index is 0.0729. The summed E-state index contributed by atoms with van der Waals surface area (Å²) in [6, 6.07) is 14.1. The van der Waals surface area contributed by atoms with Gasteiger partial charge in [-0.2, -0.15) is 10.4 Å². The first-order valence-corrected chi connectivity index (χ1v) is 7.67. The lowest BCUT2D eigenvalue weighted by atomic mass is 10.0. The molecule has 0 unspecified atom stereocenters. The average molecular weight is 352 g/mol. The van der Waals surface area contributed by atoms with Crippen LogP contribution < -0.4 is 0 Å². The topological polar surface area (TPSA) is 69.5 Å². The number of carbonyl (C=O) groups excluding carboxylic acids is 1. The molecule has 0 radical (unpaired) electrons. The molecule has 4 nitrogen and oxygen atoms in total. The van der Waals surface area contributed by atoms with Crippen LogP contribution in [0.5, 0.6) is 0 Å². The third-order valence-corrected chi connectivity index (χ3v) is 3.79. The summed E-state index contributed by atoms with van der Waals surface area (Å²) in [6.07, 6.45) is 2.97. The van der Waals surface area contributed by atoms with Gasteiger partial charge in [0.25, 0.3) is 0 Å². The molecule has 0 fully saturated rings. The lowest BCUT2D eigenvalue weighted by Crippen LogP contribution is -2.02. The number of H-pyrrole nitrogens is 1. The number of rotatable bonds is 4. The number of allylic oxidation sites excluding steroid dienone is 1. The molecule has 3 aromatic rings. The molecule has 0 saturated carbocycles. The number of hydrogen-bond donors (Lipinski definition) is 1. The maximum atomic E-state index is 13.0. The van der Waals surface area contributed by atoms with Gasteiger partial charge in [0.05, 0.1) is 11.9 Å². The van der Waals surface area contributed by atoms with Gasteiger partial charge in [0.1, 0.15) is 17.5 Å². The summed E-state index contributed by atoms with van der Waals surface area (Å²) in [4.78, 5) is 12.5. The fraction of sp³-hybridized carbons (Fsp3) is 0. The first-order valence-electron chi connectivity index (χ1n) is 7.30. The van der Waals surface area contributed by atoms with Crippen LogP contribution in [-0.4, -0.2) is 16.0 Å². The van der Waals surface area contributed by atoms with Gasteiger partial charge in [-0.25, -0.2) is 4.39 Å². The second-order valence-corrected chi connectivity index (χ2v) is 5.65. The maximum Gasteiger partial charge on any atom is 0.203 e. The van der Waals surface area contributed by atoms with Crippen LogP contribution in [-0.2, 0) is 0 Å². The highest BCUT2D eigenvalue weighted by Crippen LogP contribution is 2.26. The normalized spacial score (nSPS) is 11.2. The predicted octanol–water partition coefficient (Wildman–Crippen LogP) is 4.66. The van der Waals surface area contributed by atoms with Crippen LogP contribution in [0.3, 0.4) is 0 Å². The number of nitrogens with zero attached hydrogens (tertiary/aromatic N) is 2. The molecule has 25 heavy (non-hydrogen) atoms. The summed E-state index contributed by atoms with van der Waals surface area (Å²) >= 11 is 6.00. The van der Waals surface area contributed by atoms with Gasteiger partial charge >= 0.3 is 0 Å². The van der Waals surface area contributed by atoms with Crippen LogP contribution in [0.25, 0.3) is 17.3 Å². The fourth-order valence-electron chi connectivity index (χ4n) is 2.34. The van der Waals surface area contributed by atoms with Crippen molar-refractivity contribution in [3.63, 3.8) is 0 Å². The van der Waals surface area contributed by atoms with Crippen molar-refractivity contribution in [1.29, 1.82) is 5.26 Å². The zero-order valence-electron chi connectivity index (χ0n) is 12.8. The average Bonchev–Trinajstić information content (AvgIpc) is 3.08. The van der Waals surface area contributed by atoms with Gasteiger partial charge in [0.2, 0.25) is 5.78 Å². The molecule has 0 bridgehead atoms. The quantitative estimate of drug-likeness (QED) is 0.422. The minimum atomic E-state index is -0.485. The van der Waals surface area contributed by atoms with Gasteiger partial charge in [0.15, 0.2) is 0 Å². The van der Waals surface area contributed by atoms with Crippen LogP contribution in [0.2, 0.25) is 5.02 Å². The molecule has 1 aromatic heterocycles. The molecule has 1 N–H and O–H groups in total. The first-order chi connectivity index (χ1) is 12.1. The van der Waals surface area contributed by atoms with Crippen molar-refractivity contribution >= 4 is 23.5 Å². The van der Waals surface area contributed by atoms with Gasteiger partial charge < -0.3 is 0 Å². The second kappa shape index (κ2) is 7.12. The number of nitrogens with one attached hydrogen (secondary N) is 1. The van der Waals surface area contributed by atoms with Crippen molar-refractivity contribution < 1.29 is 9.18 Å². The third-order valence-electron chi connectivity index (χ3n) is 3.55. The Morgan fingerprint density at radius 1 is 1.24 bits per heavy atom. The molecule has 0 atom stereocenters. The number of Topliss-reactive ketones (excluding diaryl/α,β-unsaturated/α-hetero) is 1. The number of nitriles is 1. The standard InChI is InChI=1S/C19H11ClFN3O/c20-16-3-1-2-13(9-16)18-15(11-23-24-18)8-14(10-22)19(25)12-4-6-17(21)7-5-12/h1-9,11H,(H,23,24). The molecule has 0 amide bonds. The molecule has 0 aliphatic carbocycles. The van der Waals surface area contributed by atoms with E-state index in [0.717, 1.165) is 5.56 Å². The van der Waals surface area contributed by atoms with Gasteiger partial charge in [-0.3, -0.25) is 9.89 Å². The highest BCUT2D eigenvalue weighted by Gasteiger charge is 2.14. The van der Waals surface area contributed by atoms with E-state index >= 15 is 0 Å². The number of aromatic amines is 1. The molecular weight excluding hydrogens is 341 g/mol. The summed E-state index contributed by atoms with van der Waals surface area (Å²) in [5, 5.41) is 16.7. The van der Waals surface area contributed by atoms with E-state index in [2.05, 4.69) is 10.2 Å². The second-order valence-electron chi connectivity index (χ2n) is 5.22. The van der Waals surface area contributed by atoms with Gasteiger partial charge in [-0.05, 0) is 42.5 Å². The van der Waals surface area contributed by atoms with E-state index in [4.69, 9.17) is 11.6 Å². The molecular formula is C19H11ClFN3O. The van der Waals surface area contributed by atoms with Crippen LogP contribution in [0.1, 0.15) is 15.9 Å². The van der Waals surface area contributed by atoms with Crippen LogP contribution in [0.4, 0.5) is 4.39 Å². The molecule has 3 rings (SSSR count). The smallest absolute Gasteiger partial charge is 0.203 e. The minimum Gasteiger partial charge on any atom is -0.288 e. The lowest BCUT2D eigenvalue weighted by molar-refractivity contribution is 0.104. The summed E-state index contributed by atoms with van der Waals surface area (Å²) in [6.45, 7) is 0. The first kappa shape index (κ1) is 16.6. The summed E-state index contributed by atoms with van der Waals surface area (Å²) < 4.78 is 13.0. The van der Waals surface area contributed by atoms with Gasteiger partial charge in [0, 0.05) is 21.7 Å². The Labute approximate surface area is 148 Å². The largest absolute Gasteiger partial charge is 0.288 e. The molecule has 0 aliphatic heterocycles. The zero-order chi connectivity index (χ0) is 17.8. The Kier molecular flexibility index (Phi) is 4.73. The maximum absolute atomic E-state index is 13.0. The van der Waals surface area contributed by atoms with Crippen molar-refractivity contribution in [1.82, 2.24) is 10.2 Å². The predicted molar refractivity (Wildman–Crippen MR) is 93.4 cm³/mol. The van der Waals surface area contributed by atoms with Crippen molar-refractivity contribution in [2.24, 2.45) is 0 Å². The van der Waals surface area contributed by atoms with E-state index in [9.17, 15) is 14.4 Å². The van der Waals surface area contributed by atoms with E-state index in [1.54, 1.807) is 18.2 Å². The van der Waals surface area contributed by atoms with E-state index in [1.165, 1.54) is 36.5 Å². The third kappa shape index (κ3) is 3.65. The molecule has 0 aliphatic rings. The fourth-order valence-corrected chi connectivity index (χ4v) is 2.53. The number of aromatic nitrogens is 2. The number of carbonyl (C=O) groups is 1. The number of benzene rings is 2. The van der Waals surface area contributed by atoms with Crippen molar-refractivity contribution in [3.8, 4) is 17.3 Å². The lowest BCUT2D eigenvalue weighted by Gasteiger charge is -2.02. The highest BCUT2D eigenvalue weighted by atomic mass is 35.5.